The number of carbonyl (C=O) groups excluding carboxylic acids is 1. The molecule has 0 aromatic carbocycles. The van der Waals surface area contributed by atoms with Gasteiger partial charge in [0.05, 0.1) is 0 Å². The monoisotopic (exact) mass is 441 g/mol. The number of amides is 2. The number of halogens is 6. The Bertz CT molecular complexity index is 929. The van der Waals surface area contributed by atoms with Crippen LogP contribution in [0.15, 0.2) is 16.9 Å². The summed E-state index contributed by atoms with van der Waals surface area (Å²) in [5.41, 5.74) is -5.13. The van der Waals surface area contributed by atoms with Crippen LogP contribution in [-0.2, 0) is 12.4 Å². The lowest BCUT2D eigenvalue weighted by Crippen LogP contribution is -2.33. The van der Waals surface area contributed by atoms with Crippen molar-refractivity contribution in [1.82, 2.24) is 14.3 Å². The summed E-state index contributed by atoms with van der Waals surface area (Å²) in [5, 5.41) is 4.53. The molecule has 29 heavy (non-hydrogen) atoms. The summed E-state index contributed by atoms with van der Waals surface area (Å²) in [6.07, 6.45) is -8.66. The molecule has 3 rings (SSSR count). The van der Waals surface area contributed by atoms with Crippen molar-refractivity contribution in [3.8, 4) is 0 Å². The van der Waals surface area contributed by atoms with E-state index >= 15 is 0 Å². The number of likely N-dealkylation sites (tertiary alicyclic amines) is 1. The molecule has 0 unspecified atom stereocenters. The van der Waals surface area contributed by atoms with E-state index in [4.69, 9.17) is 0 Å². The number of carbonyl (C=O) groups is 1. The Labute approximate surface area is 162 Å². The molecular weight excluding hydrogens is 428 g/mol. The molecule has 0 atom stereocenters. The van der Waals surface area contributed by atoms with Crippen molar-refractivity contribution in [2.75, 3.05) is 23.7 Å². The van der Waals surface area contributed by atoms with E-state index < -0.39 is 41.0 Å². The standard InChI is InChI=1S/C15H13F6N5O2S/c16-14(17,18)8-5-7(6-9(23-8)15(19,20)21)22-12-10(11(27)25-29-12)24-13(28)26-3-1-2-4-26/h5-6H,1-4H2,(H,22,23)(H,24,28)(H,25,27). The van der Waals surface area contributed by atoms with Gasteiger partial charge in [0.25, 0.3) is 5.56 Å². The van der Waals surface area contributed by atoms with E-state index in [-0.39, 0.29) is 10.7 Å². The second kappa shape index (κ2) is 7.57. The fourth-order valence-electron chi connectivity index (χ4n) is 2.63. The van der Waals surface area contributed by atoms with Gasteiger partial charge in [-0.25, -0.2) is 9.78 Å². The number of alkyl halides is 6. The van der Waals surface area contributed by atoms with E-state index in [1.807, 2.05) is 0 Å². The second-order valence-electron chi connectivity index (χ2n) is 6.11. The van der Waals surface area contributed by atoms with E-state index in [0.29, 0.717) is 36.8 Å². The first-order valence-corrected chi connectivity index (χ1v) is 8.97. The van der Waals surface area contributed by atoms with Crippen LogP contribution in [0.2, 0.25) is 0 Å². The first-order chi connectivity index (χ1) is 13.4. The fraction of sp³-hybridized carbons (Fsp3) is 0.400. The second-order valence-corrected chi connectivity index (χ2v) is 6.92. The predicted octanol–water partition coefficient (Wildman–Crippen LogP) is 4.24. The zero-order valence-corrected chi connectivity index (χ0v) is 15.2. The van der Waals surface area contributed by atoms with Crippen molar-refractivity contribution < 1.29 is 31.1 Å². The van der Waals surface area contributed by atoms with Gasteiger partial charge in [0.2, 0.25) is 0 Å². The van der Waals surface area contributed by atoms with Crippen molar-refractivity contribution in [1.29, 1.82) is 0 Å². The van der Waals surface area contributed by atoms with Gasteiger partial charge in [-0.3, -0.25) is 9.17 Å². The van der Waals surface area contributed by atoms with Crippen LogP contribution >= 0.6 is 11.5 Å². The molecular formula is C15H13F6N5O2S. The van der Waals surface area contributed by atoms with Crippen molar-refractivity contribution in [2.24, 2.45) is 0 Å². The number of aromatic amines is 1. The first-order valence-electron chi connectivity index (χ1n) is 8.16. The highest BCUT2D eigenvalue weighted by atomic mass is 32.1. The molecule has 0 spiro atoms. The number of rotatable bonds is 3. The molecule has 1 aliphatic rings. The van der Waals surface area contributed by atoms with Crippen LogP contribution in [0.4, 0.5) is 47.5 Å². The van der Waals surface area contributed by atoms with Crippen molar-refractivity contribution in [2.45, 2.75) is 25.2 Å². The maximum atomic E-state index is 12.9. The smallest absolute Gasteiger partial charge is 0.344 e. The van der Waals surface area contributed by atoms with Crippen LogP contribution < -0.4 is 16.2 Å². The molecule has 2 amide bonds. The lowest BCUT2D eigenvalue weighted by Gasteiger charge is -2.16. The van der Waals surface area contributed by atoms with Gasteiger partial charge in [-0.15, -0.1) is 0 Å². The topological polar surface area (TPSA) is 90.1 Å². The summed E-state index contributed by atoms with van der Waals surface area (Å²) < 4.78 is 79.8. The average Bonchev–Trinajstić information content (AvgIpc) is 3.26. The van der Waals surface area contributed by atoms with Gasteiger partial charge in [-0.1, -0.05) is 0 Å². The van der Waals surface area contributed by atoms with Crippen LogP contribution in [-0.4, -0.2) is 33.4 Å². The number of nitrogens with one attached hydrogen (secondary N) is 3. The Hall–Kier alpha value is -2.77. The van der Waals surface area contributed by atoms with E-state index in [0.717, 1.165) is 12.8 Å². The number of aromatic nitrogens is 2. The summed E-state index contributed by atoms with van der Waals surface area (Å²) in [4.78, 5) is 28.2. The average molecular weight is 441 g/mol. The third-order valence-electron chi connectivity index (χ3n) is 3.99. The molecule has 1 aliphatic heterocycles. The van der Waals surface area contributed by atoms with Gasteiger partial charge < -0.3 is 15.5 Å². The summed E-state index contributed by atoms with van der Waals surface area (Å²) >= 11 is 0.617. The maximum Gasteiger partial charge on any atom is 0.433 e. The van der Waals surface area contributed by atoms with Crippen LogP contribution in [0.1, 0.15) is 24.2 Å². The number of pyridine rings is 1. The predicted molar refractivity (Wildman–Crippen MR) is 92.3 cm³/mol. The highest BCUT2D eigenvalue weighted by Gasteiger charge is 2.39. The minimum Gasteiger partial charge on any atom is -0.344 e. The number of urea groups is 1. The Balaban J connectivity index is 1.92. The molecule has 7 nitrogen and oxygen atoms in total. The number of anilines is 3. The Morgan fingerprint density at radius 3 is 2.14 bits per heavy atom. The normalized spacial score (nSPS) is 14.9. The van der Waals surface area contributed by atoms with Gasteiger partial charge in [-0.05, 0) is 36.5 Å². The highest BCUT2D eigenvalue weighted by Crippen LogP contribution is 2.36. The number of hydrogen-bond donors (Lipinski definition) is 3. The fourth-order valence-corrected chi connectivity index (χ4v) is 3.35. The van der Waals surface area contributed by atoms with E-state index in [2.05, 4.69) is 20.0 Å². The molecule has 2 aromatic heterocycles. The van der Waals surface area contributed by atoms with Crippen LogP contribution in [0.25, 0.3) is 0 Å². The minimum atomic E-state index is -5.12. The Morgan fingerprint density at radius 2 is 1.62 bits per heavy atom. The zero-order valence-electron chi connectivity index (χ0n) is 14.4. The molecule has 158 valence electrons. The van der Waals surface area contributed by atoms with E-state index in [9.17, 15) is 35.9 Å². The molecule has 1 saturated heterocycles. The number of nitrogens with zero attached hydrogens (tertiary/aromatic N) is 2. The lowest BCUT2D eigenvalue weighted by atomic mass is 10.2. The quantitative estimate of drug-likeness (QED) is 0.622. The van der Waals surface area contributed by atoms with Crippen LogP contribution in [0.5, 0.6) is 0 Å². The molecule has 3 heterocycles. The minimum absolute atomic E-state index is 0.144. The molecule has 0 bridgehead atoms. The SMILES string of the molecule is O=C(Nc1c(Nc2cc(C(F)(F)F)nc(C(F)(F)F)c2)s[nH]c1=O)N1CCCC1. The van der Waals surface area contributed by atoms with E-state index in [1.54, 1.807) is 0 Å². The molecule has 3 N–H and O–H groups in total. The van der Waals surface area contributed by atoms with E-state index in [1.165, 1.54) is 4.90 Å². The van der Waals surface area contributed by atoms with Crippen LogP contribution in [0, 0.1) is 0 Å². The van der Waals surface area contributed by atoms with Gasteiger partial charge in [0.1, 0.15) is 22.1 Å². The molecule has 14 heteroatoms. The highest BCUT2D eigenvalue weighted by molar-refractivity contribution is 7.11. The molecule has 0 aliphatic carbocycles. The lowest BCUT2D eigenvalue weighted by molar-refractivity contribution is -0.150. The van der Waals surface area contributed by atoms with Gasteiger partial charge in [-0.2, -0.15) is 26.3 Å². The van der Waals surface area contributed by atoms with Crippen molar-refractivity contribution >= 4 is 33.9 Å². The largest absolute Gasteiger partial charge is 0.433 e. The molecule has 0 radical (unpaired) electrons. The van der Waals surface area contributed by atoms with Crippen molar-refractivity contribution in [3.63, 3.8) is 0 Å². The van der Waals surface area contributed by atoms with Gasteiger partial charge in [0.15, 0.2) is 0 Å². The summed E-state index contributed by atoms with van der Waals surface area (Å²) in [7, 11) is 0. The number of hydrogen-bond acceptors (Lipinski definition) is 5. The Morgan fingerprint density at radius 1 is 1.07 bits per heavy atom. The summed E-state index contributed by atoms with van der Waals surface area (Å²) in [6.45, 7) is 0.954. The van der Waals surface area contributed by atoms with Crippen molar-refractivity contribution in [3.05, 3.63) is 33.9 Å². The zero-order chi connectivity index (χ0) is 21.4. The summed E-state index contributed by atoms with van der Waals surface area (Å²) in [5.74, 6) is 0. The third-order valence-corrected chi connectivity index (χ3v) is 4.79. The molecule has 0 saturated carbocycles. The first kappa shape index (κ1) is 21.0. The third kappa shape index (κ3) is 4.81. The molecule has 2 aromatic rings. The molecule has 1 fully saturated rings. The maximum absolute atomic E-state index is 12.9. The summed E-state index contributed by atoms with van der Waals surface area (Å²) in [6, 6.07) is 0.174. The van der Waals surface area contributed by atoms with Gasteiger partial charge in [0, 0.05) is 18.8 Å². The van der Waals surface area contributed by atoms with Gasteiger partial charge >= 0.3 is 18.4 Å². The number of H-pyrrole nitrogens is 1. The Kier molecular flexibility index (Phi) is 5.47. The van der Waals surface area contributed by atoms with Crippen LogP contribution in [0.3, 0.4) is 0 Å².